The van der Waals surface area contributed by atoms with E-state index in [1.54, 1.807) is 12.3 Å². The van der Waals surface area contributed by atoms with E-state index in [0.29, 0.717) is 4.47 Å². The largest absolute Gasteiger partial charge is 0.376 e. The van der Waals surface area contributed by atoms with E-state index < -0.39 is 4.92 Å². The SMILES string of the molecule is CC(Nc1ccc([N+](=O)[O-])cc1Br)c1ccn[nH]1. The quantitative estimate of drug-likeness (QED) is 0.670. The van der Waals surface area contributed by atoms with Crippen LogP contribution in [0.3, 0.4) is 0 Å². The van der Waals surface area contributed by atoms with Gasteiger partial charge in [-0.3, -0.25) is 15.2 Å². The Kier molecular flexibility index (Phi) is 3.61. The van der Waals surface area contributed by atoms with Crippen molar-refractivity contribution in [2.75, 3.05) is 5.32 Å². The van der Waals surface area contributed by atoms with Crippen LogP contribution in [0.5, 0.6) is 0 Å². The third-order valence-corrected chi connectivity index (χ3v) is 3.18. The van der Waals surface area contributed by atoms with Crippen LogP contribution < -0.4 is 5.32 Å². The van der Waals surface area contributed by atoms with Crippen molar-refractivity contribution in [3.05, 3.63) is 50.7 Å². The van der Waals surface area contributed by atoms with Crippen molar-refractivity contribution in [3.63, 3.8) is 0 Å². The summed E-state index contributed by atoms with van der Waals surface area (Å²) in [6.45, 7) is 1.97. The molecule has 0 aliphatic heterocycles. The number of hydrogen-bond donors (Lipinski definition) is 2. The number of rotatable bonds is 4. The van der Waals surface area contributed by atoms with Crippen LogP contribution in [-0.4, -0.2) is 15.1 Å². The Morgan fingerprint density at radius 2 is 2.28 bits per heavy atom. The Morgan fingerprint density at radius 3 is 2.83 bits per heavy atom. The van der Waals surface area contributed by atoms with Gasteiger partial charge in [0.05, 0.1) is 16.7 Å². The normalized spacial score (nSPS) is 12.1. The Morgan fingerprint density at radius 1 is 1.50 bits per heavy atom. The van der Waals surface area contributed by atoms with Crippen molar-refractivity contribution in [2.45, 2.75) is 13.0 Å². The molecule has 2 rings (SSSR count). The second-order valence-corrected chi connectivity index (χ2v) is 4.65. The number of nitrogens with zero attached hydrogens (tertiary/aromatic N) is 2. The molecule has 1 unspecified atom stereocenters. The first kappa shape index (κ1) is 12.6. The van der Waals surface area contributed by atoms with Gasteiger partial charge in [-0.1, -0.05) is 0 Å². The molecule has 18 heavy (non-hydrogen) atoms. The molecule has 0 amide bonds. The number of anilines is 1. The summed E-state index contributed by atoms with van der Waals surface area (Å²) >= 11 is 3.31. The zero-order valence-corrected chi connectivity index (χ0v) is 11.1. The van der Waals surface area contributed by atoms with Crippen LogP contribution in [0.1, 0.15) is 18.7 Å². The maximum absolute atomic E-state index is 10.6. The first-order chi connectivity index (χ1) is 8.58. The van der Waals surface area contributed by atoms with Crippen molar-refractivity contribution in [3.8, 4) is 0 Å². The van der Waals surface area contributed by atoms with Crippen molar-refractivity contribution in [1.29, 1.82) is 0 Å². The van der Waals surface area contributed by atoms with E-state index in [-0.39, 0.29) is 11.7 Å². The maximum Gasteiger partial charge on any atom is 0.270 e. The highest BCUT2D eigenvalue weighted by Crippen LogP contribution is 2.29. The van der Waals surface area contributed by atoms with E-state index in [9.17, 15) is 10.1 Å². The molecule has 0 radical (unpaired) electrons. The standard InChI is InChI=1S/C11H11BrN4O2/c1-7(10-4-5-13-15-10)14-11-3-2-8(16(17)18)6-9(11)12/h2-7,14H,1H3,(H,13,15). The first-order valence-corrected chi connectivity index (χ1v) is 6.07. The molecule has 2 N–H and O–H groups in total. The predicted octanol–water partition coefficient (Wildman–Crippen LogP) is 3.25. The van der Waals surface area contributed by atoms with Gasteiger partial charge in [0.15, 0.2) is 0 Å². The number of halogens is 1. The van der Waals surface area contributed by atoms with Crippen LogP contribution in [0.25, 0.3) is 0 Å². The van der Waals surface area contributed by atoms with Crippen molar-refractivity contribution >= 4 is 27.3 Å². The molecule has 2 aromatic rings. The van der Waals surface area contributed by atoms with Gasteiger partial charge < -0.3 is 5.32 Å². The minimum absolute atomic E-state index is 0.0326. The number of nitro groups is 1. The summed E-state index contributed by atoms with van der Waals surface area (Å²) in [5.74, 6) is 0. The highest BCUT2D eigenvalue weighted by atomic mass is 79.9. The maximum atomic E-state index is 10.6. The van der Waals surface area contributed by atoms with Crippen molar-refractivity contribution in [1.82, 2.24) is 10.2 Å². The van der Waals surface area contributed by atoms with Crippen molar-refractivity contribution in [2.24, 2.45) is 0 Å². The average molecular weight is 311 g/mol. The third kappa shape index (κ3) is 2.67. The molecule has 0 saturated heterocycles. The molecule has 0 spiro atoms. The highest BCUT2D eigenvalue weighted by Gasteiger charge is 2.12. The molecule has 1 heterocycles. The number of nitrogens with one attached hydrogen (secondary N) is 2. The van der Waals surface area contributed by atoms with Crippen molar-refractivity contribution < 1.29 is 4.92 Å². The van der Waals surface area contributed by atoms with E-state index in [4.69, 9.17) is 0 Å². The van der Waals surface area contributed by atoms with E-state index in [1.165, 1.54) is 12.1 Å². The van der Waals surface area contributed by atoms with Crippen LogP contribution >= 0.6 is 15.9 Å². The topological polar surface area (TPSA) is 83.8 Å². The molecule has 7 heteroatoms. The van der Waals surface area contributed by atoms with Crippen LogP contribution in [0.2, 0.25) is 0 Å². The summed E-state index contributed by atoms with van der Waals surface area (Å²) in [7, 11) is 0. The minimum atomic E-state index is -0.424. The average Bonchev–Trinajstić information content (AvgIpc) is 2.85. The van der Waals surface area contributed by atoms with E-state index >= 15 is 0 Å². The van der Waals surface area contributed by atoms with Gasteiger partial charge in [-0.2, -0.15) is 5.10 Å². The Labute approximate surface area is 112 Å². The first-order valence-electron chi connectivity index (χ1n) is 5.27. The zero-order valence-electron chi connectivity index (χ0n) is 9.55. The van der Waals surface area contributed by atoms with Crippen LogP contribution in [-0.2, 0) is 0 Å². The van der Waals surface area contributed by atoms with Gasteiger partial charge >= 0.3 is 0 Å². The van der Waals surface area contributed by atoms with Gasteiger partial charge in [0.2, 0.25) is 0 Å². The molecule has 6 nitrogen and oxygen atoms in total. The van der Waals surface area contributed by atoms with E-state index in [0.717, 1.165) is 11.4 Å². The molecule has 1 atom stereocenters. The number of H-pyrrole nitrogens is 1. The van der Waals surface area contributed by atoms with Crippen LogP contribution in [0.4, 0.5) is 11.4 Å². The molecule has 0 fully saturated rings. The second-order valence-electron chi connectivity index (χ2n) is 3.80. The number of hydrogen-bond acceptors (Lipinski definition) is 4. The van der Waals surface area contributed by atoms with Gasteiger partial charge in [-0.25, -0.2) is 0 Å². The second kappa shape index (κ2) is 5.18. The van der Waals surface area contributed by atoms with Gasteiger partial charge in [0.25, 0.3) is 5.69 Å². The Bertz CT molecular complexity index is 556. The monoisotopic (exact) mass is 310 g/mol. The summed E-state index contributed by atoms with van der Waals surface area (Å²) in [5, 5.41) is 20.6. The molecule has 0 bridgehead atoms. The number of benzene rings is 1. The number of nitro benzene ring substituents is 1. The third-order valence-electron chi connectivity index (χ3n) is 2.52. The lowest BCUT2D eigenvalue weighted by molar-refractivity contribution is -0.384. The smallest absolute Gasteiger partial charge is 0.270 e. The zero-order chi connectivity index (χ0) is 13.1. The highest BCUT2D eigenvalue weighted by molar-refractivity contribution is 9.10. The summed E-state index contributed by atoms with van der Waals surface area (Å²) in [5.41, 5.74) is 1.80. The lowest BCUT2D eigenvalue weighted by atomic mass is 10.2. The molecule has 1 aromatic carbocycles. The molecular formula is C11H11BrN4O2. The van der Waals surface area contributed by atoms with Crippen LogP contribution in [0.15, 0.2) is 34.9 Å². The van der Waals surface area contributed by atoms with Gasteiger partial charge in [-0.15, -0.1) is 0 Å². The van der Waals surface area contributed by atoms with E-state index in [2.05, 4.69) is 31.4 Å². The summed E-state index contributed by atoms with van der Waals surface area (Å²) in [6, 6.07) is 6.52. The Balaban J connectivity index is 2.17. The lowest BCUT2D eigenvalue weighted by Gasteiger charge is -2.14. The number of aromatic amines is 1. The fourth-order valence-corrected chi connectivity index (χ4v) is 2.03. The molecule has 1 aromatic heterocycles. The van der Waals surface area contributed by atoms with E-state index in [1.807, 2.05) is 13.0 Å². The molecular weight excluding hydrogens is 300 g/mol. The number of aromatic nitrogens is 2. The predicted molar refractivity (Wildman–Crippen MR) is 71.4 cm³/mol. The molecule has 0 aliphatic carbocycles. The van der Waals surface area contributed by atoms with Gasteiger partial charge in [0.1, 0.15) is 0 Å². The van der Waals surface area contributed by atoms with Gasteiger partial charge in [0, 0.05) is 28.5 Å². The van der Waals surface area contributed by atoms with Gasteiger partial charge in [-0.05, 0) is 35.0 Å². The number of non-ortho nitro benzene ring substituents is 1. The summed E-state index contributed by atoms with van der Waals surface area (Å²) in [6.07, 6.45) is 1.68. The molecule has 0 saturated carbocycles. The minimum Gasteiger partial charge on any atom is -0.376 e. The fourth-order valence-electron chi connectivity index (χ4n) is 1.55. The lowest BCUT2D eigenvalue weighted by Crippen LogP contribution is -2.07. The summed E-state index contributed by atoms with van der Waals surface area (Å²) < 4.78 is 0.656. The summed E-state index contributed by atoms with van der Waals surface area (Å²) in [4.78, 5) is 10.2. The molecule has 0 aliphatic rings. The van der Waals surface area contributed by atoms with Crippen LogP contribution in [0, 0.1) is 10.1 Å². The fraction of sp³-hybridized carbons (Fsp3) is 0.182. The Hall–Kier alpha value is -1.89. The molecule has 94 valence electrons.